The minimum atomic E-state index is -1.42. The Hall–Kier alpha value is -2.21. The van der Waals surface area contributed by atoms with Gasteiger partial charge >= 0.3 is 0 Å². The largest absolute Gasteiger partial charge is 0.379 e. The summed E-state index contributed by atoms with van der Waals surface area (Å²) in [5, 5.41) is 12.1. The fraction of sp³-hybridized carbons (Fsp3) is 0.308. The number of hydrogen-bond donors (Lipinski definition) is 1. The third kappa shape index (κ3) is 4.69. The highest BCUT2D eigenvalue weighted by atomic mass is 32.2. The molecule has 3 aromatic carbocycles. The molecule has 1 N–H and O–H groups in total. The highest BCUT2D eigenvalue weighted by Gasteiger charge is 2.40. The summed E-state index contributed by atoms with van der Waals surface area (Å²) in [4.78, 5) is 3.13. The van der Waals surface area contributed by atoms with E-state index in [1.54, 1.807) is 12.1 Å². The minimum Gasteiger partial charge on any atom is -0.379 e. The molecule has 2 atom stereocenters. The average Bonchev–Trinajstić information content (AvgIpc) is 2.84. The van der Waals surface area contributed by atoms with Crippen molar-refractivity contribution in [3.05, 3.63) is 101 Å². The molecule has 4 rings (SSSR count). The molecule has 2 unspecified atom stereocenters. The molecule has 31 heavy (non-hydrogen) atoms. The lowest BCUT2D eigenvalue weighted by Gasteiger charge is -2.31. The quantitative estimate of drug-likeness (QED) is 0.507. The first-order chi connectivity index (χ1) is 14.9. The molecule has 0 amide bonds. The van der Waals surface area contributed by atoms with Crippen molar-refractivity contribution in [1.82, 2.24) is 4.90 Å². The third-order valence-corrected chi connectivity index (χ3v) is 7.16. The van der Waals surface area contributed by atoms with E-state index in [-0.39, 0.29) is 17.6 Å². The van der Waals surface area contributed by atoms with Crippen molar-refractivity contribution in [3.63, 3.8) is 0 Å². The standard InChI is InChI=1S/C26H27F2NOS/c1-29(2)13-12-18-14-19-15-20(27)9-11-24(19)26(30,17-31-22-6-4-3-5-7-22)25-16-21(28)8-10-23(18)25/h3-11,15-16,18,30H,12-14,17H2,1-2H3. The second kappa shape index (κ2) is 9.11. The van der Waals surface area contributed by atoms with Gasteiger partial charge in [-0.1, -0.05) is 30.3 Å². The van der Waals surface area contributed by atoms with Crippen LogP contribution >= 0.6 is 11.8 Å². The van der Waals surface area contributed by atoms with E-state index in [1.807, 2.05) is 44.4 Å². The molecule has 0 spiro atoms. The molecular formula is C26H27F2NOS. The lowest BCUT2D eigenvalue weighted by molar-refractivity contribution is 0.106. The predicted octanol–water partition coefficient (Wildman–Crippen LogP) is 5.58. The van der Waals surface area contributed by atoms with Gasteiger partial charge in [0.25, 0.3) is 0 Å². The summed E-state index contributed by atoms with van der Waals surface area (Å²) in [5.41, 5.74) is 1.56. The third-order valence-electron chi connectivity index (χ3n) is 6.00. The second-order valence-electron chi connectivity index (χ2n) is 8.49. The predicted molar refractivity (Wildman–Crippen MR) is 123 cm³/mol. The zero-order chi connectivity index (χ0) is 22.0. The van der Waals surface area contributed by atoms with Gasteiger partial charge in [-0.2, -0.15) is 0 Å². The second-order valence-corrected chi connectivity index (χ2v) is 9.54. The van der Waals surface area contributed by atoms with E-state index < -0.39 is 5.60 Å². The molecule has 0 radical (unpaired) electrons. The number of aliphatic hydroxyl groups is 1. The molecule has 0 fully saturated rings. The smallest absolute Gasteiger partial charge is 0.125 e. The van der Waals surface area contributed by atoms with Gasteiger partial charge in [0.15, 0.2) is 0 Å². The summed E-state index contributed by atoms with van der Waals surface area (Å²) >= 11 is 1.52. The normalized spacial score (nSPS) is 20.3. The molecule has 0 bridgehead atoms. The number of thioether (sulfide) groups is 1. The van der Waals surface area contributed by atoms with Crippen LogP contribution in [0.25, 0.3) is 0 Å². The number of rotatable bonds is 6. The molecule has 0 saturated heterocycles. The van der Waals surface area contributed by atoms with E-state index in [0.29, 0.717) is 23.3 Å². The van der Waals surface area contributed by atoms with Crippen molar-refractivity contribution in [2.24, 2.45) is 0 Å². The van der Waals surface area contributed by atoms with Gasteiger partial charge in [-0.3, -0.25) is 0 Å². The van der Waals surface area contributed by atoms with E-state index in [4.69, 9.17) is 0 Å². The first-order valence-corrected chi connectivity index (χ1v) is 11.5. The highest BCUT2D eigenvalue weighted by molar-refractivity contribution is 7.99. The molecule has 0 aliphatic heterocycles. The molecule has 162 valence electrons. The van der Waals surface area contributed by atoms with Crippen LogP contribution in [0.15, 0.2) is 71.6 Å². The zero-order valence-electron chi connectivity index (χ0n) is 17.8. The number of nitrogens with zero attached hydrogens (tertiary/aromatic N) is 1. The van der Waals surface area contributed by atoms with Crippen molar-refractivity contribution in [1.29, 1.82) is 0 Å². The summed E-state index contributed by atoms with van der Waals surface area (Å²) < 4.78 is 28.6. The lowest BCUT2D eigenvalue weighted by Crippen LogP contribution is -2.32. The zero-order valence-corrected chi connectivity index (χ0v) is 18.6. The summed E-state index contributed by atoms with van der Waals surface area (Å²) in [7, 11) is 4.03. The topological polar surface area (TPSA) is 23.5 Å². The SMILES string of the molecule is CN(C)CCC1Cc2cc(F)ccc2C(O)(CSc2ccccc2)c2cc(F)ccc21. The molecule has 0 heterocycles. The Morgan fingerprint density at radius 3 is 2.42 bits per heavy atom. The van der Waals surface area contributed by atoms with Crippen LogP contribution in [0.4, 0.5) is 8.78 Å². The average molecular weight is 440 g/mol. The molecule has 1 aliphatic rings. The summed E-state index contributed by atoms with van der Waals surface area (Å²) in [6.45, 7) is 0.851. The van der Waals surface area contributed by atoms with Gasteiger partial charge in [0, 0.05) is 10.6 Å². The van der Waals surface area contributed by atoms with Crippen LogP contribution in [-0.4, -0.2) is 36.4 Å². The van der Waals surface area contributed by atoms with Crippen molar-refractivity contribution < 1.29 is 13.9 Å². The fourth-order valence-electron chi connectivity index (χ4n) is 4.43. The lowest BCUT2D eigenvalue weighted by atomic mass is 9.83. The molecule has 3 aromatic rings. The van der Waals surface area contributed by atoms with Gasteiger partial charge in [-0.05, 0) is 98.1 Å². The molecular weight excluding hydrogens is 412 g/mol. The molecule has 1 aliphatic carbocycles. The Balaban J connectivity index is 1.84. The van der Waals surface area contributed by atoms with Crippen LogP contribution < -0.4 is 0 Å². The Kier molecular flexibility index (Phi) is 6.47. The van der Waals surface area contributed by atoms with Crippen molar-refractivity contribution in [2.75, 3.05) is 26.4 Å². The maximum absolute atomic E-state index is 14.4. The van der Waals surface area contributed by atoms with Crippen molar-refractivity contribution in [3.8, 4) is 0 Å². The van der Waals surface area contributed by atoms with Crippen LogP contribution in [0, 0.1) is 11.6 Å². The van der Waals surface area contributed by atoms with Crippen molar-refractivity contribution >= 4 is 11.8 Å². The first-order valence-electron chi connectivity index (χ1n) is 10.5. The number of halogens is 2. The Morgan fingerprint density at radius 2 is 1.68 bits per heavy atom. The molecule has 0 saturated carbocycles. The number of fused-ring (bicyclic) bond motifs is 2. The van der Waals surface area contributed by atoms with Gasteiger partial charge in [0.1, 0.15) is 17.2 Å². The van der Waals surface area contributed by atoms with Crippen LogP contribution in [0.5, 0.6) is 0 Å². The van der Waals surface area contributed by atoms with Crippen LogP contribution in [0.1, 0.15) is 34.6 Å². The van der Waals surface area contributed by atoms with Gasteiger partial charge in [-0.15, -0.1) is 11.8 Å². The number of hydrogen-bond acceptors (Lipinski definition) is 3. The van der Waals surface area contributed by atoms with E-state index >= 15 is 0 Å². The monoisotopic (exact) mass is 439 g/mol. The van der Waals surface area contributed by atoms with Crippen LogP contribution in [0.2, 0.25) is 0 Å². The summed E-state index contributed by atoms with van der Waals surface area (Å²) in [5.74, 6) is -0.319. The van der Waals surface area contributed by atoms with E-state index in [1.165, 1.54) is 36.0 Å². The Labute approximate surface area is 186 Å². The molecule has 0 aromatic heterocycles. The Bertz CT molecular complexity index is 1060. The van der Waals surface area contributed by atoms with Gasteiger partial charge in [0.2, 0.25) is 0 Å². The summed E-state index contributed by atoms with van der Waals surface area (Å²) in [6.07, 6.45) is 1.45. The fourth-order valence-corrected chi connectivity index (χ4v) is 5.47. The van der Waals surface area contributed by atoms with Gasteiger partial charge < -0.3 is 10.0 Å². The van der Waals surface area contributed by atoms with Gasteiger partial charge in [-0.25, -0.2) is 8.78 Å². The minimum absolute atomic E-state index is 0.0642. The van der Waals surface area contributed by atoms with E-state index in [9.17, 15) is 13.9 Å². The van der Waals surface area contributed by atoms with Crippen LogP contribution in [0.3, 0.4) is 0 Å². The first kappa shape index (κ1) is 22.0. The van der Waals surface area contributed by atoms with E-state index in [0.717, 1.165) is 29.0 Å². The molecule has 2 nitrogen and oxygen atoms in total. The van der Waals surface area contributed by atoms with Crippen molar-refractivity contribution in [2.45, 2.75) is 29.3 Å². The number of benzene rings is 3. The Morgan fingerprint density at radius 1 is 0.968 bits per heavy atom. The van der Waals surface area contributed by atoms with E-state index in [2.05, 4.69) is 4.90 Å². The summed E-state index contributed by atoms with van der Waals surface area (Å²) in [6, 6.07) is 19.1. The maximum atomic E-state index is 14.4. The molecule has 5 heteroatoms. The highest BCUT2D eigenvalue weighted by Crippen LogP contribution is 2.45. The maximum Gasteiger partial charge on any atom is 0.125 e. The van der Waals surface area contributed by atoms with Gasteiger partial charge in [0.05, 0.1) is 0 Å². The van der Waals surface area contributed by atoms with Crippen LogP contribution in [-0.2, 0) is 12.0 Å².